The number of amides is 2. The normalized spacial score (nSPS) is 21.6. The van der Waals surface area contributed by atoms with Gasteiger partial charge < -0.3 is 10.2 Å². The van der Waals surface area contributed by atoms with E-state index in [0.717, 1.165) is 25.1 Å². The summed E-state index contributed by atoms with van der Waals surface area (Å²) in [4.78, 5) is 31.6. The highest BCUT2D eigenvalue weighted by Gasteiger charge is 2.43. The van der Waals surface area contributed by atoms with Crippen LogP contribution >= 0.6 is 22.9 Å². The summed E-state index contributed by atoms with van der Waals surface area (Å²) in [5.41, 5.74) is 2.35. The summed E-state index contributed by atoms with van der Waals surface area (Å²) in [6, 6.07) is 15.0. The molecule has 5 nitrogen and oxygen atoms in total. The summed E-state index contributed by atoms with van der Waals surface area (Å²) in [5, 5.41) is 4.94. The van der Waals surface area contributed by atoms with Gasteiger partial charge in [0.15, 0.2) is 0 Å². The van der Waals surface area contributed by atoms with Gasteiger partial charge in [-0.25, -0.2) is 0 Å². The first-order chi connectivity index (χ1) is 15.5. The van der Waals surface area contributed by atoms with Gasteiger partial charge in [-0.05, 0) is 41.1 Å². The SMILES string of the molecule is CCc1sc2ccccc2c1CN1CCN2C(=O)C(Cc3ccc(Cl)cc3)NC(=O)C2C1. The smallest absolute Gasteiger partial charge is 0.246 e. The summed E-state index contributed by atoms with van der Waals surface area (Å²) in [6.45, 7) is 4.93. The molecule has 2 aromatic carbocycles. The lowest BCUT2D eigenvalue weighted by Crippen LogP contribution is -2.69. The fourth-order valence-electron chi connectivity index (χ4n) is 4.83. The lowest BCUT2D eigenvalue weighted by Gasteiger charge is -2.45. The van der Waals surface area contributed by atoms with E-state index < -0.39 is 12.1 Å². The Morgan fingerprint density at radius 2 is 1.88 bits per heavy atom. The lowest BCUT2D eigenvalue weighted by molar-refractivity contribution is -0.153. The van der Waals surface area contributed by atoms with E-state index in [1.54, 1.807) is 4.90 Å². The number of hydrogen-bond donors (Lipinski definition) is 1. The van der Waals surface area contributed by atoms with Crippen LogP contribution in [-0.2, 0) is 29.0 Å². The third kappa shape index (κ3) is 4.03. The minimum absolute atomic E-state index is 0.0134. The highest BCUT2D eigenvalue weighted by Crippen LogP contribution is 2.33. The molecule has 0 spiro atoms. The molecule has 32 heavy (non-hydrogen) atoms. The first-order valence-electron chi connectivity index (χ1n) is 11.1. The largest absolute Gasteiger partial charge is 0.342 e. The molecule has 1 N–H and O–H groups in total. The average molecular weight is 468 g/mol. The molecule has 1 aromatic heterocycles. The second-order valence-electron chi connectivity index (χ2n) is 8.53. The molecular weight excluding hydrogens is 442 g/mol. The van der Waals surface area contributed by atoms with Crippen molar-refractivity contribution >= 4 is 44.8 Å². The van der Waals surface area contributed by atoms with E-state index in [0.29, 0.717) is 24.5 Å². The van der Waals surface area contributed by atoms with E-state index in [9.17, 15) is 9.59 Å². The Morgan fingerprint density at radius 1 is 1.09 bits per heavy atom. The third-order valence-corrected chi connectivity index (χ3v) is 8.11. The second-order valence-corrected chi connectivity index (χ2v) is 10.1. The summed E-state index contributed by atoms with van der Waals surface area (Å²) >= 11 is 7.82. The van der Waals surface area contributed by atoms with Crippen molar-refractivity contribution in [1.29, 1.82) is 0 Å². The van der Waals surface area contributed by atoms with Crippen LogP contribution in [0.2, 0.25) is 5.02 Å². The number of carbonyl (C=O) groups is 2. The number of benzene rings is 2. The molecule has 2 atom stereocenters. The van der Waals surface area contributed by atoms with Crippen LogP contribution in [0.5, 0.6) is 0 Å². The van der Waals surface area contributed by atoms with Crippen molar-refractivity contribution in [2.75, 3.05) is 19.6 Å². The van der Waals surface area contributed by atoms with Crippen LogP contribution in [0.3, 0.4) is 0 Å². The minimum atomic E-state index is -0.515. The maximum absolute atomic E-state index is 13.1. The Bertz CT molecular complexity index is 1160. The molecule has 0 saturated carbocycles. The zero-order chi connectivity index (χ0) is 22.2. The molecule has 5 rings (SSSR count). The molecule has 0 aliphatic carbocycles. The first kappa shape index (κ1) is 21.4. The molecule has 7 heteroatoms. The summed E-state index contributed by atoms with van der Waals surface area (Å²) in [6.07, 6.45) is 1.48. The Kier molecular flexibility index (Phi) is 5.93. The molecule has 3 heterocycles. The molecule has 2 amide bonds. The topological polar surface area (TPSA) is 52.6 Å². The number of hydrogen-bond acceptors (Lipinski definition) is 4. The van der Waals surface area contributed by atoms with E-state index in [1.165, 1.54) is 20.5 Å². The van der Waals surface area contributed by atoms with Crippen LogP contribution in [0.1, 0.15) is 22.9 Å². The molecule has 3 aromatic rings. The van der Waals surface area contributed by atoms with Gasteiger partial charge >= 0.3 is 0 Å². The molecule has 2 aliphatic heterocycles. The predicted molar refractivity (Wildman–Crippen MR) is 129 cm³/mol. The quantitative estimate of drug-likeness (QED) is 0.619. The molecular formula is C25H26ClN3O2S. The number of rotatable bonds is 5. The van der Waals surface area contributed by atoms with Crippen molar-refractivity contribution < 1.29 is 9.59 Å². The van der Waals surface area contributed by atoms with Crippen molar-refractivity contribution in [3.63, 3.8) is 0 Å². The van der Waals surface area contributed by atoms with E-state index in [4.69, 9.17) is 11.6 Å². The molecule has 2 fully saturated rings. The Balaban J connectivity index is 1.30. The Labute approximate surface area is 197 Å². The molecule has 2 aliphatic rings. The van der Waals surface area contributed by atoms with Crippen LogP contribution in [0.25, 0.3) is 10.1 Å². The average Bonchev–Trinajstić information content (AvgIpc) is 3.16. The van der Waals surface area contributed by atoms with Crippen molar-refractivity contribution in [2.24, 2.45) is 0 Å². The second kappa shape index (κ2) is 8.85. The highest BCUT2D eigenvalue weighted by atomic mass is 35.5. The Morgan fingerprint density at radius 3 is 2.66 bits per heavy atom. The molecule has 166 valence electrons. The van der Waals surface area contributed by atoms with Gasteiger partial charge in [-0.15, -0.1) is 11.3 Å². The molecule has 0 bridgehead atoms. The van der Waals surface area contributed by atoms with Gasteiger partial charge in [-0.2, -0.15) is 0 Å². The van der Waals surface area contributed by atoms with Gasteiger partial charge in [0.1, 0.15) is 12.1 Å². The van der Waals surface area contributed by atoms with E-state index in [2.05, 4.69) is 41.4 Å². The monoisotopic (exact) mass is 467 g/mol. The van der Waals surface area contributed by atoms with Gasteiger partial charge in [0.2, 0.25) is 11.8 Å². The van der Waals surface area contributed by atoms with Crippen LogP contribution < -0.4 is 5.32 Å². The maximum Gasteiger partial charge on any atom is 0.246 e. The third-order valence-electron chi connectivity index (χ3n) is 6.50. The number of piperazine rings is 2. The number of aryl methyl sites for hydroxylation is 1. The first-order valence-corrected chi connectivity index (χ1v) is 12.3. The minimum Gasteiger partial charge on any atom is -0.342 e. The maximum atomic E-state index is 13.1. The number of thiophene rings is 1. The van der Waals surface area contributed by atoms with Gasteiger partial charge in [-0.3, -0.25) is 14.5 Å². The van der Waals surface area contributed by atoms with E-state index in [-0.39, 0.29) is 11.8 Å². The van der Waals surface area contributed by atoms with E-state index in [1.807, 2.05) is 35.6 Å². The van der Waals surface area contributed by atoms with Crippen molar-refractivity contribution in [1.82, 2.24) is 15.1 Å². The molecule has 2 saturated heterocycles. The number of fused-ring (bicyclic) bond motifs is 2. The summed E-state index contributed by atoms with van der Waals surface area (Å²) < 4.78 is 1.31. The lowest BCUT2D eigenvalue weighted by atomic mass is 9.98. The van der Waals surface area contributed by atoms with Crippen LogP contribution in [0.4, 0.5) is 0 Å². The van der Waals surface area contributed by atoms with Crippen LogP contribution in [-0.4, -0.2) is 53.3 Å². The molecule has 0 radical (unpaired) electrons. The predicted octanol–water partition coefficient (Wildman–Crippen LogP) is 3.87. The zero-order valence-electron chi connectivity index (χ0n) is 18.0. The number of halogens is 1. The highest BCUT2D eigenvalue weighted by molar-refractivity contribution is 7.19. The van der Waals surface area contributed by atoms with Gasteiger partial charge in [0.05, 0.1) is 0 Å². The van der Waals surface area contributed by atoms with Crippen molar-refractivity contribution in [2.45, 2.75) is 38.4 Å². The summed E-state index contributed by atoms with van der Waals surface area (Å²) in [5.74, 6) is -0.0430. The van der Waals surface area contributed by atoms with Crippen molar-refractivity contribution in [3.8, 4) is 0 Å². The standard InChI is InChI=1S/C25H26ClN3O2S/c1-2-22-19(18-5-3-4-6-23(18)32-22)14-28-11-12-29-21(15-28)24(30)27-20(25(29)31)13-16-7-9-17(26)10-8-16/h3-10,20-21H,2,11-15H2,1H3,(H,27,30). The van der Waals surface area contributed by atoms with Crippen LogP contribution in [0, 0.1) is 0 Å². The van der Waals surface area contributed by atoms with Crippen LogP contribution in [0.15, 0.2) is 48.5 Å². The fraction of sp³-hybridized carbons (Fsp3) is 0.360. The van der Waals surface area contributed by atoms with Crippen molar-refractivity contribution in [3.05, 3.63) is 69.6 Å². The van der Waals surface area contributed by atoms with Gasteiger partial charge in [-0.1, -0.05) is 48.9 Å². The number of nitrogens with one attached hydrogen (secondary N) is 1. The van der Waals surface area contributed by atoms with E-state index >= 15 is 0 Å². The van der Waals surface area contributed by atoms with Gasteiger partial charge in [0, 0.05) is 47.2 Å². The fourth-order valence-corrected chi connectivity index (χ4v) is 6.11. The number of carbonyl (C=O) groups excluding carboxylic acids is 2. The zero-order valence-corrected chi connectivity index (χ0v) is 19.6. The molecule has 2 unspecified atom stereocenters. The van der Waals surface area contributed by atoms with Gasteiger partial charge in [0.25, 0.3) is 0 Å². The number of nitrogens with zero attached hydrogens (tertiary/aromatic N) is 2. The Hall–Kier alpha value is -2.41. The summed E-state index contributed by atoms with van der Waals surface area (Å²) in [7, 11) is 0.